The first-order valence-corrected chi connectivity index (χ1v) is 13.4. The van der Waals surface area contributed by atoms with Crippen molar-refractivity contribution < 1.29 is 0 Å². The number of fused-ring (bicyclic) bond motifs is 1. The summed E-state index contributed by atoms with van der Waals surface area (Å²) in [5.74, 6) is 0.906. The zero-order valence-electron chi connectivity index (χ0n) is 21.3. The van der Waals surface area contributed by atoms with E-state index in [2.05, 4.69) is 67.6 Å². The number of pyridine rings is 2. The highest BCUT2D eigenvalue weighted by Gasteiger charge is 2.20. The summed E-state index contributed by atoms with van der Waals surface area (Å²) in [5.41, 5.74) is 7.00. The third kappa shape index (κ3) is 5.73. The molecular formula is C31H26ClN7. The smallest absolute Gasteiger partial charge is 0.234 e. The van der Waals surface area contributed by atoms with Crippen molar-refractivity contribution in [1.29, 1.82) is 5.26 Å². The highest BCUT2D eigenvalue weighted by molar-refractivity contribution is 6.29. The van der Waals surface area contributed by atoms with Crippen LogP contribution in [0, 0.1) is 11.3 Å². The average molecular weight is 532 g/mol. The van der Waals surface area contributed by atoms with E-state index in [-0.39, 0.29) is 5.82 Å². The van der Waals surface area contributed by atoms with Crippen LogP contribution in [0.2, 0.25) is 5.15 Å². The van der Waals surface area contributed by atoms with E-state index in [1.165, 1.54) is 5.56 Å². The second-order valence-corrected chi connectivity index (χ2v) is 10.1. The number of halogens is 1. The van der Waals surface area contributed by atoms with Gasteiger partial charge in [0, 0.05) is 43.0 Å². The molecule has 2 aromatic carbocycles. The average Bonchev–Trinajstić information content (AvgIpc) is 2.98. The third-order valence-electron chi connectivity index (χ3n) is 7.05. The van der Waals surface area contributed by atoms with Crippen molar-refractivity contribution >= 4 is 28.5 Å². The van der Waals surface area contributed by atoms with E-state index in [0.717, 1.165) is 65.9 Å². The number of hydrogen-bond donors (Lipinski definition) is 1. The number of benzene rings is 2. The molecule has 0 bridgehead atoms. The molecular weight excluding hydrogens is 506 g/mol. The molecule has 0 aliphatic carbocycles. The lowest BCUT2D eigenvalue weighted by Crippen LogP contribution is -2.38. The number of anilines is 1. The van der Waals surface area contributed by atoms with Crippen LogP contribution in [0.15, 0.2) is 85.1 Å². The number of hydrogen-bond acceptors (Lipinski definition) is 7. The SMILES string of the molecule is N#Cc1nccc(NC2CCN(Cc3ccc(-c4nc5ccc(Cl)nc5cc4-c4ccccc4)cc3)CC2)n1. The fourth-order valence-corrected chi connectivity index (χ4v) is 5.20. The van der Waals surface area contributed by atoms with Crippen molar-refractivity contribution in [3.05, 3.63) is 102 Å². The number of rotatable bonds is 6. The van der Waals surface area contributed by atoms with Crippen molar-refractivity contribution in [3.63, 3.8) is 0 Å². The molecule has 1 saturated heterocycles. The maximum absolute atomic E-state index is 9.02. The Bertz CT molecular complexity index is 1640. The Morgan fingerprint density at radius 1 is 0.872 bits per heavy atom. The molecule has 1 N–H and O–H groups in total. The van der Waals surface area contributed by atoms with Crippen LogP contribution >= 0.6 is 11.6 Å². The Kier molecular flexibility index (Phi) is 7.13. The molecule has 39 heavy (non-hydrogen) atoms. The quantitative estimate of drug-likeness (QED) is 0.255. The summed E-state index contributed by atoms with van der Waals surface area (Å²) in [6, 6.07) is 28.9. The normalized spacial score (nSPS) is 14.3. The lowest BCUT2D eigenvalue weighted by atomic mass is 9.97. The highest BCUT2D eigenvalue weighted by Crippen LogP contribution is 2.33. The Hall–Kier alpha value is -4.38. The molecule has 0 radical (unpaired) electrons. The van der Waals surface area contributed by atoms with Gasteiger partial charge in [-0.25, -0.2) is 19.9 Å². The van der Waals surface area contributed by atoms with Crippen LogP contribution in [0.1, 0.15) is 24.2 Å². The minimum absolute atomic E-state index is 0.191. The van der Waals surface area contributed by atoms with Crippen LogP contribution in [0.3, 0.4) is 0 Å². The fraction of sp³-hybridized carbons (Fsp3) is 0.194. The van der Waals surface area contributed by atoms with Crippen LogP contribution in [-0.4, -0.2) is 44.0 Å². The number of likely N-dealkylation sites (tertiary alicyclic amines) is 1. The van der Waals surface area contributed by atoms with Gasteiger partial charge in [-0.3, -0.25) is 4.90 Å². The van der Waals surface area contributed by atoms with E-state index < -0.39 is 0 Å². The summed E-state index contributed by atoms with van der Waals surface area (Å²) < 4.78 is 0. The first-order chi connectivity index (χ1) is 19.1. The monoisotopic (exact) mass is 531 g/mol. The zero-order valence-corrected chi connectivity index (χ0v) is 22.0. The minimum atomic E-state index is 0.191. The summed E-state index contributed by atoms with van der Waals surface area (Å²) >= 11 is 6.16. The van der Waals surface area contributed by atoms with Gasteiger partial charge in [-0.15, -0.1) is 0 Å². The molecule has 0 saturated carbocycles. The summed E-state index contributed by atoms with van der Waals surface area (Å²) in [7, 11) is 0. The van der Waals surface area contributed by atoms with E-state index >= 15 is 0 Å². The predicted octanol–water partition coefficient (Wildman–Crippen LogP) is 6.36. The van der Waals surface area contributed by atoms with Crippen molar-refractivity contribution in [2.75, 3.05) is 18.4 Å². The fourth-order valence-electron chi connectivity index (χ4n) is 5.05. The number of nitrogens with zero attached hydrogens (tertiary/aromatic N) is 6. The van der Waals surface area contributed by atoms with E-state index in [4.69, 9.17) is 21.8 Å². The molecule has 7 nitrogen and oxygen atoms in total. The van der Waals surface area contributed by atoms with Crippen LogP contribution in [-0.2, 0) is 6.54 Å². The van der Waals surface area contributed by atoms with Gasteiger partial charge in [0.2, 0.25) is 5.82 Å². The second-order valence-electron chi connectivity index (χ2n) is 9.69. The van der Waals surface area contributed by atoms with Crippen LogP contribution in [0.25, 0.3) is 33.4 Å². The van der Waals surface area contributed by atoms with Crippen LogP contribution in [0.4, 0.5) is 5.82 Å². The van der Waals surface area contributed by atoms with E-state index in [1.54, 1.807) is 12.3 Å². The van der Waals surface area contributed by atoms with Crippen molar-refractivity contribution in [3.8, 4) is 28.5 Å². The lowest BCUT2D eigenvalue weighted by Gasteiger charge is -2.32. The number of nitrogens with one attached hydrogen (secondary N) is 1. The molecule has 1 fully saturated rings. The van der Waals surface area contributed by atoms with Gasteiger partial charge >= 0.3 is 0 Å². The molecule has 1 aliphatic rings. The summed E-state index contributed by atoms with van der Waals surface area (Å²) in [4.78, 5) is 20.1. The van der Waals surface area contributed by atoms with Gasteiger partial charge in [0.05, 0.1) is 16.7 Å². The molecule has 5 aromatic rings. The Morgan fingerprint density at radius 2 is 1.67 bits per heavy atom. The lowest BCUT2D eigenvalue weighted by molar-refractivity contribution is 0.211. The number of piperidine rings is 1. The maximum Gasteiger partial charge on any atom is 0.234 e. The molecule has 4 heterocycles. The molecule has 8 heteroatoms. The van der Waals surface area contributed by atoms with Crippen LogP contribution in [0.5, 0.6) is 0 Å². The van der Waals surface area contributed by atoms with Gasteiger partial charge in [-0.2, -0.15) is 5.26 Å². The summed E-state index contributed by atoms with van der Waals surface area (Å²) in [6.07, 6.45) is 3.66. The molecule has 0 spiro atoms. The van der Waals surface area contributed by atoms with E-state index in [1.807, 2.05) is 36.4 Å². The molecule has 0 unspecified atom stereocenters. The van der Waals surface area contributed by atoms with Crippen LogP contribution < -0.4 is 5.32 Å². The first kappa shape index (κ1) is 24.9. The van der Waals surface area contributed by atoms with E-state index in [0.29, 0.717) is 17.0 Å². The van der Waals surface area contributed by atoms with Gasteiger partial charge < -0.3 is 5.32 Å². The van der Waals surface area contributed by atoms with Crippen molar-refractivity contribution in [2.45, 2.75) is 25.4 Å². The second kappa shape index (κ2) is 11.2. The summed E-state index contributed by atoms with van der Waals surface area (Å²) in [6.45, 7) is 2.89. The molecule has 3 aromatic heterocycles. The molecule has 1 aliphatic heterocycles. The zero-order chi connectivity index (χ0) is 26.6. The Labute approximate surface area is 232 Å². The Balaban J connectivity index is 1.16. The molecule has 6 rings (SSSR count). The highest BCUT2D eigenvalue weighted by atomic mass is 35.5. The molecule has 0 amide bonds. The molecule has 192 valence electrons. The third-order valence-corrected chi connectivity index (χ3v) is 7.26. The first-order valence-electron chi connectivity index (χ1n) is 13.0. The Morgan fingerprint density at radius 3 is 2.44 bits per heavy atom. The number of nitriles is 1. The topological polar surface area (TPSA) is 90.6 Å². The van der Waals surface area contributed by atoms with Gasteiger partial charge in [0.25, 0.3) is 0 Å². The van der Waals surface area contributed by atoms with Crippen molar-refractivity contribution in [2.24, 2.45) is 0 Å². The van der Waals surface area contributed by atoms with Crippen molar-refractivity contribution in [1.82, 2.24) is 24.8 Å². The minimum Gasteiger partial charge on any atom is -0.367 e. The van der Waals surface area contributed by atoms with Gasteiger partial charge in [0.15, 0.2) is 0 Å². The van der Waals surface area contributed by atoms with Gasteiger partial charge in [0.1, 0.15) is 17.0 Å². The van der Waals surface area contributed by atoms with Gasteiger partial charge in [-0.05, 0) is 48.2 Å². The standard InChI is InChI=1S/C31H26ClN7/c32-28-11-10-26-27(36-28)18-25(22-4-2-1-3-5-22)31(37-26)23-8-6-21(7-9-23)20-39-16-13-24(14-17-39)35-29-12-15-34-30(19-33)38-29/h1-12,15,18,24H,13-14,16-17,20H2,(H,34,35,38). The summed E-state index contributed by atoms with van der Waals surface area (Å²) in [5, 5.41) is 12.9. The predicted molar refractivity (Wildman–Crippen MR) is 154 cm³/mol. The number of aromatic nitrogens is 4. The van der Waals surface area contributed by atoms with E-state index in [9.17, 15) is 0 Å². The maximum atomic E-state index is 9.02. The molecule has 0 atom stereocenters. The van der Waals surface area contributed by atoms with Gasteiger partial charge in [-0.1, -0.05) is 66.2 Å². The largest absolute Gasteiger partial charge is 0.367 e.